The Kier molecular flexibility index (Phi) is 6.01. The summed E-state index contributed by atoms with van der Waals surface area (Å²) in [6.45, 7) is 2.33. The standard InChI is InChI=1S/C13H19O5P/c14-19(17-10-11-18-19)16-9-5-4-8-15-12-13-6-2-1-3-7-13/h1-3,6-7H,4-5,8-12H2. The average Bonchev–Trinajstić information content (AvgIpc) is 2.86. The number of phosphoric acid groups is 1. The molecule has 0 saturated carbocycles. The van der Waals surface area contributed by atoms with Crippen LogP contribution in [-0.4, -0.2) is 26.4 Å². The lowest BCUT2D eigenvalue weighted by Gasteiger charge is -2.09. The Labute approximate surface area is 113 Å². The molecule has 2 rings (SSSR count). The van der Waals surface area contributed by atoms with Crippen molar-refractivity contribution in [2.45, 2.75) is 19.4 Å². The second kappa shape index (κ2) is 7.78. The molecular weight excluding hydrogens is 267 g/mol. The number of unbranched alkanes of at least 4 members (excludes halogenated alkanes) is 1. The van der Waals surface area contributed by atoms with Crippen molar-refractivity contribution >= 4 is 7.82 Å². The van der Waals surface area contributed by atoms with Gasteiger partial charge in [-0.15, -0.1) is 0 Å². The molecule has 0 N–H and O–H groups in total. The molecule has 0 unspecified atom stereocenters. The highest BCUT2D eigenvalue weighted by Gasteiger charge is 2.31. The Morgan fingerprint density at radius 2 is 1.74 bits per heavy atom. The van der Waals surface area contributed by atoms with E-state index in [1.807, 2.05) is 30.3 Å². The van der Waals surface area contributed by atoms with Gasteiger partial charge in [-0.1, -0.05) is 30.3 Å². The minimum absolute atomic E-state index is 0.345. The summed E-state index contributed by atoms with van der Waals surface area (Å²) in [5.41, 5.74) is 1.16. The molecule has 0 amide bonds. The van der Waals surface area contributed by atoms with Crippen LogP contribution in [0.1, 0.15) is 18.4 Å². The van der Waals surface area contributed by atoms with Crippen LogP contribution in [0.4, 0.5) is 0 Å². The van der Waals surface area contributed by atoms with Gasteiger partial charge in [-0.05, 0) is 18.4 Å². The minimum Gasteiger partial charge on any atom is -0.377 e. The van der Waals surface area contributed by atoms with E-state index < -0.39 is 7.82 Å². The Bertz CT molecular complexity index is 399. The zero-order chi connectivity index (χ0) is 13.4. The first-order valence-electron chi connectivity index (χ1n) is 6.44. The number of hydrogen-bond acceptors (Lipinski definition) is 5. The summed E-state index contributed by atoms with van der Waals surface area (Å²) in [7, 11) is -3.21. The van der Waals surface area contributed by atoms with Crippen molar-refractivity contribution in [2.24, 2.45) is 0 Å². The van der Waals surface area contributed by atoms with Gasteiger partial charge in [0.25, 0.3) is 0 Å². The Morgan fingerprint density at radius 3 is 2.47 bits per heavy atom. The lowest BCUT2D eigenvalue weighted by Crippen LogP contribution is -1.99. The van der Waals surface area contributed by atoms with E-state index >= 15 is 0 Å². The molecule has 0 bridgehead atoms. The van der Waals surface area contributed by atoms with Crippen molar-refractivity contribution in [3.63, 3.8) is 0 Å². The minimum atomic E-state index is -3.21. The summed E-state index contributed by atoms with van der Waals surface area (Å²) in [5, 5.41) is 0. The normalized spacial score (nSPS) is 17.7. The molecule has 0 spiro atoms. The quantitative estimate of drug-likeness (QED) is 0.542. The first kappa shape index (κ1) is 14.7. The predicted octanol–water partition coefficient (Wildman–Crippen LogP) is 3.15. The fraction of sp³-hybridized carbons (Fsp3) is 0.538. The molecule has 1 fully saturated rings. The van der Waals surface area contributed by atoms with Crippen molar-refractivity contribution in [1.29, 1.82) is 0 Å². The number of benzene rings is 1. The second-order valence-electron chi connectivity index (χ2n) is 4.19. The van der Waals surface area contributed by atoms with Gasteiger partial charge < -0.3 is 4.74 Å². The first-order valence-corrected chi connectivity index (χ1v) is 7.90. The van der Waals surface area contributed by atoms with Gasteiger partial charge in [0.05, 0.1) is 26.4 Å². The highest BCUT2D eigenvalue weighted by atomic mass is 31.2. The fourth-order valence-corrected chi connectivity index (χ4v) is 2.83. The molecule has 1 saturated heterocycles. The van der Waals surface area contributed by atoms with E-state index in [4.69, 9.17) is 18.3 Å². The van der Waals surface area contributed by atoms with Crippen LogP contribution in [0, 0.1) is 0 Å². The molecule has 1 aliphatic heterocycles. The van der Waals surface area contributed by atoms with E-state index in [9.17, 15) is 4.57 Å². The van der Waals surface area contributed by atoms with Crippen LogP contribution in [0.5, 0.6) is 0 Å². The largest absolute Gasteiger partial charge is 0.474 e. The van der Waals surface area contributed by atoms with E-state index in [0.717, 1.165) is 18.4 Å². The predicted molar refractivity (Wildman–Crippen MR) is 70.8 cm³/mol. The van der Waals surface area contributed by atoms with Crippen LogP contribution in [0.2, 0.25) is 0 Å². The number of hydrogen-bond donors (Lipinski definition) is 0. The van der Waals surface area contributed by atoms with Crippen LogP contribution < -0.4 is 0 Å². The maximum Gasteiger partial charge on any atom is 0.474 e. The summed E-state index contributed by atoms with van der Waals surface area (Å²) in [6.07, 6.45) is 1.62. The molecule has 0 aliphatic carbocycles. The first-order chi connectivity index (χ1) is 9.29. The van der Waals surface area contributed by atoms with Crippen molar-refractivity contribution in [3.05, 3.63) is 35.9 Å². The van der Waals surface area contributed by atoms with Crippen LogP contribution in [-0.2, 0) is 29.5 Å². The highest BCUT2D eigenvalue weighted by Crippen LogP contribution is 2.52. The molecule has 1 heterocycles. The maximum atomic E-state index is 11.6. The molecule has 0 radical (unpaired) electrons. The molecular formula is C13H19O5P. The summed E-state index contributed by atoms with van der Waals surface area (Å²) in [6, 6.07) is 10.0. The maximum absolute atomic E-state index is 11.6. The van der Waals surface area contributed by atoms with Gasteiger partial charge in [-0.25, -0.2) is 4.57 Å². The van der Waals surface area contributed by atoms with E-state index in [1.165, 1.54) is 0 Å². The molecule has 0 aromatic heterocycles. The third kappa shape index (κ3) is 5.43. The van der Waals surface area contributed by atoms with Crippen LogP contribution in [0.15, 0.2) is 30.3 Å². The van der Waals surface area contributed by atoms with Gasteiger partial charge in [0, 0.05) is 6.61 Å². The molecule has 1 aromatic carbocycles. The third-order valence-corrected chi connectivity index (χ3v) is 4.12. The van der Waals surface area contributed by atoms with Gasteiger partial charge in [-0.3, -0.25) is 13.6 Å². The van der Waals surface area contributed by atoms with Crippen molar-refractivity contribution in [1.82, 2.24) is 0 Å². The molecule has 5 nitrogen and oxygen atoms in total. The third-order valence-electron chi connectivity index (χ3n) is 2.63. The molecule has 1 aliphatic rings. The van der Waals surface area contributed by atoms with Crippen molar-refractivity contribution in [2.75, 3.05) is 26.4 Å². The van der Waals surface area contributed by atoms with Crippen LogP contribution >= 0.6 is 7.82 Å². The van der Waals surface area contributed by atoms with Gasteiger partial charge in [0.15, 0.2) is 0 Å². The average molecular weight is 286 g/mol. The lowest BCUT2D eigenvalue weighted by molar-refractivity contribution is 0.110. The molecule has 6 heteroatoms. The Balaban J connectivity index is 1.47. The SMILES string of the molecule is O=P1(OCCCCOCc2ccccc2)OCCO1. The molecule has 0 atom stereocenters. The van der Waals surface area contributed by atoms with Gasteiger partial charge in [0.1, 0.15) is 0 Å². The van der Waals surface area contributed by atoms with Gasteiger partial charge in [0.2, 0.25) is 0 Å². The summed E-state index contributed by atoms with van der Waals surface area (Å²) in [4.78, 5) is 0. The Hall–Kier alpha value is -0.710. The van der Waals surface area contributed by atoms with E-state index in [2.05, 4.69) is 0 Å². The molecule has 19 heavy (non-hydrogen) atoms. The highest BCUT2D eigenvalue weighted by molar-refractivity contribution is 7.48. The molecule has 106 valence electrons. The summed E-state index contributed by atoms with van der Waals surface area (Å²) < 4.78 is 32.0. The van der Waals surface area contributed by atoms with Gasteiger partial charge in [-0.2, -0.15) is 0 Å². The summed E-state index contributed by atoms with van der Waals surface area (Å²) in [5.74, 6) is 0. The van der Waals surface area contributed by atoms with Crippen LogP contribution in [0.3, 0.4) is 0 Å². The van der Waals surface area contributed by atoms with E-state index in [1.54, 1.807) is 0 Å². The van der Waals surface area contributed by atoms with Crippen LogP contribution in [0.25, 0.3) is 0 Å². The number of ether oxygens (including phenoxy) is 1. The Morgan fingerprint density at radius 1 is 1.05 bits per heavy atom. The lowest BCUT2D eigenvalue weighted by atomic mass is 10.2. The fourth-order valence-electron chi connectivity index (χ4n) is 1.66. The monoisotopic (exact) mass is 286 g/mol. The zero-order valence-electron chi connectivity index (χ0n) is 10.8. The smallest absolute Gasteiger partial charge is 0.377 e. The number of phosphoric ester groups is 1. The second-order valence-corrected chi connectivity index (χ2v) is 5.86. The van der Waals surface area contributed by atoms with Crippen molar-refractivity contribution in [3.8, 4) is 0 Å². The van der Waals surface area contributed by atoms with E-state index in [-0.39, 0.29) is 0 Å². The zero-order valence-corrected chi connectivity index (χ0v) is 11.7. The number of rotatable bonds is 8. The topological polar surface area (TPSA) is 54.0 Å². The molecule has 1 aromatic rings. The summed E-state index contributed by atoms with van der Waals surface area (Å²) >= 11 is 0. The van der Waals surface area contributed by atoms with Gasteiger partial charge >= 0.3 is 7.82 Å². The van der Waals surface area contributed by atoms with E-state index in [0.29, 0.717) is 33.0 Å². The van der Waals surface area contributed by atoms with Crippen molar-refractivity contribution < 1.29 is 22.9 Å².